The Morgan fingerprint density at radius 2 is 1.41 bits per heavy atom. The molecule has 0 rings (SSSR count). The van der Waals surface area contributed by atoms with Crippen molar-refractivity contribution in [1.29, 1.82) is 0 Å². The summed E-state index contributed by atoms with van der Waals surface area (Å²) in [4.78, 5) is 2.56. The molecule has 1 N–H and O–H groups in total. The smallest absolute Gasteiger partial charge is 0.334 e. The number of hydrogen-bond acceptors (Lipinski definition) is 4. The molecule has 0 unspecified atom stereocenters. The molecule has 0 spiro atoms. The van der Waals surface area contributed by atoms with E-state index in [9.17, 15) is 0 Å². The van der Waals surface area contributed by atoms with Crippen LogP contribution in [0.25, 0.3) is 0 Å². The second kappa shape index (κ2) is 14.6. The summed E-state index contributed by atoms with van der Waals surface area (Å²) < 4.78 is 11.7. The summed E-state index contributed by atoms with van der Waals surface area (Å²) in [6, 6.07) is 1.11. The van der Waals surface area contributed by atoms with Gasteiger partial charge >= 0.3 is 8.56 Å². The molecule has 4 nitrogen and oxygen atoms in total. The number of nitrogens with zero attached hydrogens (tertiary/aromatic N) is 1. The highest BCUT2D eigenvalue weighted by atomic mass is 28.4. The molecule has 0 aromatic rings. The average molecular weight is 333 g/mol. The molecule has 0 aliphatic carbocycles. The largest absolute Gasteiger partial charge is 0.395 e. The van der Waals surface area contributed by atoms with Crippen molar-refractivity contribution >= 4 is 8.56 Å². The van der Waals surface area contributed by atoms with Crippen LogP contribution in [0.5, 0.6) is 0 Å². The number of nitrogens with one attached hydrogen (secondary N) is 1. The molecule has 0 radical (unpaired) electrons. The monoisotopic (exact) mass is 332 g/mol. The quantitative estimate of drug-likeness (QED) is 0.346. The van der Waals surface area contributed by atoms with Gasteiger partial charge in [-0.1, -0.05) is 20.3 Å². The zero-order chi connectivity index (χ0) is 16.7. The fourth-order valence-corrected chi connectivity index (χ4v) is 5.31. The third kappa shape index (κ3) is 11.6. The van der Waals surface area contributed by atoms with Crippen LogP contribution in [-0.4, -0.2) is 59.4 Å². The van der Waals surface area contributed by atoms with Crippen molar-refractivity contribution in [3.8, 4) is 0 Å². The lowest BCUT2D eigenvalue weighted by molar-refractivity contribution is 0.188. The second-order valence-corrected chi connectivity index (χ2v) is 9.39. The van der Waals surface area contributed by atoms with Crippen LogP contribution in [0.15, 0.2) is 0 Å². The molecule has 0 fully saturated rings. The molecule has 0 saturated heterocycles. The fraction of sp³-hybridized carbons (Fsp3) is 1.00. The van der Waals surface area contributed by atoms with Gasteiger partial charge in [0.2, 0.25) is 0 Å². The van der Waals surface area contributed by atoms with Gasteiger partial charge in [-0.15, -0.1) is 0 Å². The van der Waals surface area contributed by atoms with Crippen LogP contribution in [0.3, 0.4) is 0 Å². The van der Waals surface area contributed by atoms with Gasteiger partial charge in [-0.3, -0.25) is 0 Å². The Labute approximate surface area is 140 Å². The van der Waals surface area contributed by atoms with Crippen molar-refractivity contribution in [3.63, 3.8) is 0 Å². The van der Waals surface area contributed by atoms with E-state index in [1.54, 1.807) is 0 Å². The van der Waals surface area contributed by atoms with Crippen LogP contribution in [0.2, 0.25) is 12.6 Å². The molecule has 22 heavy (non-hydrogen) atoms. The first-order valence-electron chi connectivity index (χ1n) is 9.32. The zero-order valence-electron chi connectivity index (χ0n) is 15.7. The van der Waals surface area contributed by atoms with Gasteiger partial charge in [0, 0.05) is 26.3 Å². The molecule has 0 aliphatic rings. The Balaban J connectivity index is 3.66. The van der Waals surface area contributed by atoms with Crippen LogP contribution in [0.4, 0.5) is 0 Å². The van der Waals surface area contributed by atoms with Gasteiger partial charge < -0.3 is 19.1 Å². The molecule has 0 heterocycles. The number of rotatable bonds is 16. The molecule has 134 valence electrons. The fourth-order valence-electron chi connectivity index (χ4n) is 2.82. The molecule has 5 heteroatoms. The summed E-state index contributed by atoms with van der Waals surface area (Å²) in [5, 5.41) is 3.58. The SMILES string of the molecule is CCCN(CCC)CCNCCCC[Si](C)(OCC)OCC. The minimum absolute atomic E-state index is 0.770. The van der Waals surface area contributed by atoms with E-state index in [4.69, 9.17) is 8.85 Å². The second-order valence-electron chi connectivity index (χ2n) is 6.05. The Morgan fingerprint density at radius 1 is 0.818 bits per heavy atom. The topological polar surface area (TPSA) is 33.7 Å². The van der Waals surface area contributed by atoms with Crippen molar-refractivity contribution in [2.75, 3.05) is 45.9 Å². The van der Waals surface area contributed by atoms with Crippen molar-refractivity contribution < 1.29 is 8.85 Å². The molecule has 0 amide bonds. The summed E-state index contributed by atoms with van der Waals surface area (Å²) in [6.45, 7) is 18.2. The predicted molar refractivity (Wildman–Crippen MR) is 98.8 cm³/mol. The first-order valence-corrected chi connectivity index (χ1v) is 11.8. The predicted octanol–water partition coefficient (Wildman–Crippen LogP) is 3.62. The summed E-state index contributed by atoms with van der Waals surface area (Å²) in [7, 11) is -1.89. The summed E-state index contributed by atoms with van der Waals surface area (Å²) >= 11 is 0. The van der Waals surface area contributed by atoms with Crippen LogP contribution in [0, 0.1) is 0 Å². The van der Waals surface area contributed by atoms with Crippen molar-refractivity contribution in [1.82, 2.24) is 10.2 Å². The van der Waals surface area contributed by atoms with Crippen LogP contribution >= 0.6 is 0 Å². The van der Waals surface area contributed by atoms with E-state index in [0.717, 1.165) is 32.3 Å². The molecule has 0 aromatic carbocycles. The van der Waals surface area contributed by atoms with E-state index in [1.165, 1.54) is 45.3 Å². The van der Waals surface area contributed by atoms with E-state index in [-0.39, 0.29) is 0 Å². The number of unbranched alkanes of at least 4 members (excludes halogenated alkanes) is 1. The highest BCUT2D eigenvalue weighted by Crippen LogP contribution is 2.16. The van der Waals surface area contributed by atoms with Gasteiger partial charge in [-0.25, -0.2) is 0 Å². The minimum Gasteiger partial charge on any atom is -0.395 e. The average Bonchev–Trinajstić information content (AvgIpc) is 2.47. The molecular formula is C17H40N2O2Si. The highest BCUT2D eigenvalue weighted by molar-refractivity contribution is 6.66. The Bertz CT molecular complexity index is 231. The summed E-state index contributed by atoms with van der Waals surface area (Å²) in [5.41, 5.74) is 0. The van der Waals surface area contributed by atoms with Crippen LogP contribution in [0.1, 0.15) is 53.4 Å². The van der Waals surface area contributed by atoms with E-state index < -0.39 is 8.56 Å². The van der Waals surface area contributed by atoms with Gasteiger partial charge in [-0.2, -0.15) is 0 Å². The first kappa shape index (κ1) is 22.1. The van der Waals surface area contributed by atoms with E-state index in [0.29, 0.717) is 0 Å². The van der Waals surface area contributed by atoms with Crippen molar-refractivity contribution in [2.45, 2.75) is 66.0 Å². The summed E-state index contributed by atoms with van der Waals surface area (Å²) in [5.74, 6) is 0. The van der Waals surface area contributed by atoms with Gasteiger partial charge in [0.25, 0.3) is 0 Å². The molecule has 0 aromatic heterocycles. The van der Waals surface area contributed by atoms with Crippen molar-refractivity contribution in [2.24, 2.45) is 0 Å². The maximum Gasteiger partial charge on any atom is 0.334 e. The standard InChI is InChI=1S/C17H40N2O2Si/c1-6-14-19(15-7-2)16-13-18-12-10-11-17-22(5,20-8-3)21-9-4/h18H,6-17H2,1-5H3. The van der Waals surface area contributed by atoms with Gasteiger partial charge in [0.05, 0.1) is 0 Å². The molecule has 0 atom stereocenters. The zero-order valence-corrected chi connectivity index (χ0v) is 16.7. The van der Waals surface area contributed by atoms with Crippen LogP contribution < -0.4 is 5.32 Å². The van der Waals surface area contributed by atoms with E-state index in [1.807, 2.05) is 0 Å². The Hall–Kier alpha value is 0.0569. The molecule has 0 saturated carbocycles. The third-order valence-corrected chi connectivity index (χ3v) is 6.88. The summed E-state index contributed by atoms with van der Waals surface area (Å²) in [6.07, 6.45) is 4.91. The van der Waals surface area contributed by atoms with Gasteiger partial charge in [0.1, 0.15) is 0 Å². The van der Waals surface area contributed by atoms with E-state index in [2.05, 4.69) is 44.5 Å². The lowest BCUT2D eigenvalue weighted by atomic mass is 10.3. The number of hydrogen-bond donors (Lipinski definition) is 1. The maximum atomic E-state index is 5.87. The molecule has 0 aliphatic heterocycles. The van der Waals surface area contributed by atoms with Crippen molar-refractivity contribution in [3.05, 3.63) is 0 Å². The maximum absolute atomic E-state index is 5.87. The van der Waals surface area contributed by atoms with Gasteiger partial charge in [0.15, 0.2) is 0 Å². The minimum atomic E-state index is -1.89. The molecular weight excluding hydrogens is 292 g/mol. The highest BCUT2D eigenvalue weighted by Gasteiger charge is 2.29. The van der Waals surface area contributed by atoms with Gasteiger partial charge in [-0.05, 0) is 65.3 Å². The third-order valence-electron chi connectivity index (χ3n) is 3.82. The van der Waals surface area contributed by atoms with Crippen LogP contribution in [-0.2, 0) is 8.85 Å². The first-order chi connectivity index (χ1) is 10.6. The van der Waals surface area contributed by atoms with E-state index >= 15 is 0 Å². The Kier molecular flexibility index (Phi) is 14.7. The lowest BCUT2D eigenvalue weighted by Gasteiger charge is -2.26. The lowest BCUT2D eigenvalue weighted by Crippen LogP contribution is -2.38. The molecule has 0 bridgehead atoms. The normalized spacial score (nSPS) is 12.3. The Morgan fingerprint density at radius 3 is 1.91 bits per heavy atom.